The second kappa shape index (κ2) is 24.4. The zero-order valence-corrected chi connectivity index (χ0v) is 39.7. The SMILES string of the molecule is C=C1CCOC(=O)c2ccccc2C(=O)OCCC(O[Si](C(C)C)(C(C)C)C(C)C)/C=C/CCCC(=O)CCC(=O)CCC[C@H](O[Si](C(C)C)(C(C)C)C(C)C)C1. The van der Waals surface area contributed by atoms with Gasteiger partial charge in [0.1, 0.15) is 11.6 Å². The lowest BCUT2D eigenvalue weighted by molar-refractivity contribution is -0.124. The maximum absolute atomic E-state index is 13.5. The molecule has 0 saturated heterocycles. The van der Waals surface area contributed by atoms with Crippen molar-refractivity contribution < 1.29 is 37.5 Å². The lowest BCUT2D eigenvalue weighted by Gasteiger charge is -2.45. The average molecular weight is 827 g/mol. The van der Waals surface area contributed by atoms with E-state index in [9.17, 15) is 19.2 Å². The summed E-state index contributed by atoms with van der Waals surface area (Å²) in [5.74, 6) is -0.938. The highest BCUT2D eigenvalue weighted by molar-refractivity contribution is 6.78. The second-order valence-corrected chi connectivity index (χ2v) is 28.9. The van der Waals surface area contributed by atoms with Gasteiger partial charge in [0, 0.05) is 44.6 Å². The highest BCUT2D eigenvalue weighted by Gasteiger charge is 2.47. The van der Waals surface area contributed by atoms with Crippen molar-refractivity contribution in [1.29, 1.82) is 0 Å². The number of carbonyl (C=O) groups excluding carboxylic acids is 4. The molecule has 0 radical (unpaired) electrons. The Kier molecular flexibility index (Phi) is 21.6. The molecule has 0 fully saturated rings. The quantitative estimate of drug-likeness (QED) is 0.130. The molecule has 322 valence electrons. The van der Waals surface area contributed by atoms with Gasteiger partial charge < -0.3 is 18.3 Å². The molecule has 10 heteroatoms. The van der Waals surface area contributed by atoms with Crippen LogP contribution < -0.4 is 0 Å². The Bertz CT molecular complexity index is 1430. The summed E-state index contributed by atoms with van der Waals surface area (Å²) in [4.78, 5) is 52.7. The number of cyclic esters (lactones) is 2. The molecule has 0 saturated carbocycles. The minimum absolute atomic E-state index is 0.111. The molecule has 1 aliphatic heterocycles. The molecule has 2 rings (SSSR count). The van der Waals surface area contributed by atoms with Crippen LogP contribution in [0.3, 0.4) is 0 Å². The van der Waals surface area contributed by atoms with Gasteiger partial charge in [-0.3, -0.25) is 9.59 Å². The first-order valence-corrected chi connectivity index (χ1v) is 26.2. The van der Waals surface area contributed by atoms with Crippen LogP contribution in [-0.2, 0) is 27.9 Å². The first-order chi connectivity index (χ1) is 26.8. The van der Waals surface area contributed by atoms with Gasteiger partial charge in [0.25, 0.3) is 0 Å². The fraction of sp³-hybridized carbons (Fsp3) is 0.702. The van der Waals surface area contributed by atoms with E-state index in [1.165, 1.54) is 0 Å². The lowest BCUT2D eigenvalue weighted by atomic mass is 10.00. The molecule has 0 spiro atoms. The number of fused-ring (bicyclic) bond motifs is 1. The van der Waals surface area contributed by atoms with Crippen LogP contribution in [0.4, 0.5) is 0 Å². The molecular formula is C47H78O8Si2. The predicted molar refractivity (Wildman–Crippen MR) is 238 cm³/mol. The Balaban J connectivity index is 2.36. The van der Waals surface area contributed by atoms with Crippen LogP contribution in [0.2, 0.25) is 33.2 Å². The number of ketones is 2. The standard InChI is InChI=1S/C47H78O8Si2/c1-33(2)56(34(3)4,35(5)6)54-42-22-16-14-15-20-40(48)26-27-41(49)21-19-23-43(55-57(36(7)8,37(9)10)38(11)12)32-39(13)28-30-52-46(50)44-24-17-18-25-45(44)47(51)53-31-29-42/h16-18,22,24-25,33-38,42-43H,13-15,19-21,23,26-32H2,1-12H3/b22-16+/t42?,43-/m0/s1. The van der Waals surface area contributed by atoms with Crippen molar-refractivity contribution in [1.82, 2.24) is 0 Å². The van der Waals surface area contributed by atoms with Crippen molar-refractivity contribution >= 4 is 40.1 Å². The van der Waals surface area contributed by atoms with Crippen molar-refractivity contribution in [3.63, 3.8) is 0 Å². The van der Waals surface area contributed by atoms with E-state index in [1.54, 1.807) is 24.3 Å². The van der Waals surface area contributed by atoms with Gasteiger partial charge in [0.2, 0.25) is 16.6 Å². The number of hydrogen-bond donors (Lipinski definition) is 0. The Morgan fingerprint density at radius 3 is 1.54 bits per heavy atom. The molecule has 8 nitrogen and oxygen atoms in total. The van der Waals surface area contributed by atoms with E-state index in [0.717, 1.165) is 5.57 Å². The van der Waals surface area contributed by atoms with Gasteiger partial charge in [0.05, 0.1) is 30.4 Å². The lowest BCUT2D eigenvalue weighted by Crippen LogP contribution is -2.50. The molecule has 1 heterocycles. The number of ether oxygens (including phenoxy) is 2. The summed E-state index contributed by atoms with van der Waals surface area (Å²) < 4.78 is 25.8. The molecule has 57 heavy (non-hydrogen) atoms. The third kappa shape index (κ3) is 14.8. The number of carbonyl (C=O) groups is 4. The molecule has 1 aliphatic rings. The number of Topliss-reactive ketones (excluding diaryl/α,β-unsaturated/α-hetero) is 2. The van der Waals surface area contributed by atoms with Crippen LogP contribution in [0.1, 0.15) is 174 Å². The van der Waals surface area contributed by atoms with Gasteiger partial charge in [-0.25, -0.2) is 9.59 Å². The molecule has 2 atom stereocenters. The maximum Gasteiger partial charge on any atom is 0.339 e. The topological polar surface area (TPSA) is 105 Å². The molecule has 1 unspecified atom stereocenters. The van der Waals surface area contributed by atoms with E-state index in [1.807, 2.05) is 0 Å². The van der Waals surface area contributed by atoms with E-state index in [4.69, 9.17) is 18.3 Å². The van der Waals surface area contributed by atoms with Gasteiger partial charge in [0.15, 0.2) is 0 Å². The molecule has 0 N–H and O–H groups in total. The van der Waals surface area contributed by atoms with Crippen LogP contribution in [0, 0.1) is 0 Å². The van der Waals surface area contributed by atoms with Gasteiger partial charge in [-0.1, -0.05) is 120 Å². The van der Waals surface area contributed by atoms with Crippen LogP contribution in [0.15, 0.2) is 48.6 Å². The molecule has 1 aromatic carbocycles. The summed E-state index contributed by atoms with van der Waals surface area (Å²) in [5, 5.41) is 0. The van der Waals surface area contributed by atoms with Crippen molar-refractivity contribution in [2.75, 3.05) is 13.2 Å². The number of esters is 2. The molecule has 0 bridgehead atoms. The molecule has 0 amide bonds. The molecule has 0 aliphatic carbocycles. The van der Waals surface area contributed by atoms with Crippen LogP contribution in [-0.4, -0.2) is 65.6 Å². The first-order valence-electron chi connectivity index (χ1n) is 21.9. The molecular weight excluding hydrogens is 749 g/mol. The van der Waals surface area contributed by atoms with Crippen molar-refractivity contribution in [3.8, 4) is 0 Å². The number of benzene rings is 1. The van der Waals surface area contributed by atoms with Crippen LogP contribution in [0.25, 0.3) is 0 Å². The minimum Gasteiger partial charge on any atom is -0.462 e. The molecule has 0 aromatic heterocycles. The van der Waals surface area contributed by atoms with Gasteiger partial charge in [-0.2, -0.15) is 0 Å². The third-order valence-corrected chi connectivity index (χ3v) is 24.5. The van der Waals surface area contributed by atoms with E-state index in [-0.39, 0.29) is 61.0 Å². The van der Waals surface area contributed by atoms with Gasteiger partial charge in [-0.15, -0.1) is 0 Å². The number of allylic oxidation sites excluding steroid dienone is 1. The van der Waals surface area contributed by atoms with E-state index in [2.05, 4.69) is 102 Å². The Morgan fingerprint density at radius 1 is 0.596 bits per heavy atom. The molecule has 1 aromatic rings. The fourth-order valence-corrected chi connectivity index (χ4v) is 20.6. The second-order valence-electron chi connectivity index (χ2n) is 18.1. The summed E-state index contributed by atoms with van der Waals surface area (Å²) in [6.07, 6.45) is 9.40. The Labute approximate surface area is 348 Å². The normalized spacial score (nSPS) is 21.1. The number of rotatable bonds is 10. The highest BCUT2D eigenvalue weighted by atomic mass is 28.4. The minimum atomic E-state index is -2.27. The predicted octanol–water partition coefficient (Wildman–Crippen LogP) is 12.7. The van der Waals surface area contributed by atoms with E-state index < -0.39 is 28.6 Å². The zero-order valence-electron chi connectivity index (χ0n) is 37.7. The monoisotopic (exact) mass is 827 g/mol. The Hall–Kier alpha value is -2.67. The summed E-state index contributed by atoms with van der Waals surface area (Å²) in [6, 6.07) is 6.61. The van der Waals surface area contributed by atoms with Crippen LogP contribution >= 0.6 is 0 Å². The van der Waals surface area contributed by atoms with Crippen molar-refractivity contribution in [2.24, 2.45) is 0 Å². The Morgan fingerprint density at radius 2 is 1.05 bits per heavy atom. The van der Waals surface area contributed by atoms with Crippen molar-refractivity contribution in [3.05, 3.63) is 59.7 Å². The van der Waals surface area contributed by atoms with E-state index in [0.29, 0.717) is 91.0 Å². The summed E-state index contributed by atoms with van der Waals surface area (Å²) in [5.41, 5.74) is 3.54. The zero-order chi connectivity index (χ0) is 42.9. The largest absolute Gasteiger partial charge is 0.462 e. The average Bonchev–Trinajstić information content (AvgIpc) is 3.13. The van der Waals surface area contributed by atoms with Gasteiger partial charge >= 0.3 is 11.9 Å². The maximum atomic E-state index is 13.5. The van der Waals surface area contributed by atoms with Crippen molar-refractivity contribution in [2.45, 2.75) is 199 Å². The van der Waals surface area contributed by atoms with Gasteiger partial charge in [-0.05, 0) is 77.5 Å². The number of hydrogen-bond acceptors (Lipinski definition) is 8. The highest BCUT2D eigenvalue weighted by Crippen LogP contribution is 2.45. The van der Waals surface area contributed by atoms with E-state index >= 15 is 0 Å². The smallest absolute Gasteiger partial charge is 0.339 e. The first kappa shape index (κ1) is 50.5. The third-order valence-electron chi connectivity index (χ3n) is 12.2. The van der Waals surface area contributed by atoms with Crippen LogP contribution in [0.5, 0.6) is 0 Å². The fourth-order valence-electron chi connectivity index (χ4n) is 9.46. The summed E-state index contributed by atoms with van der Waals surface area (Å²) in [6.45, 7) is 31.6. The summed E-state index contributed by atoms with van der Waals surface area (Å²) >= 11 is 0. The summed E-state index contributed by atoms with van der Waals surface area (Å²) in [7, 11) is -4.50.